The second-order valence-electron chi connectivity index (χ2n) is 2.87. The summed E-state index contributed by atoms with van der Waals surface area (Å²) in [6, 6.07) is 4.24. The monoisotopic (exact) mass is 178 g/mol. The standard InChI is InChI=1S/C9H10N2S/c1-6(10)8-4-7-2-3-12-9(7)11-5-8/h2-6H,10H2,1H3/t6-/m1/s1. The highest BCUT2D eigenvalue weighted by Crippen LogP contribution is 2.20. The summed E-state index contributed by atoms with van der Waals surface area (Å²) in [6.07, 6.45) is 1.85. The highest BCUT2D eigenvalue weighted by atomic mass is 32.1. The first-order valence-corrected chi connectivity index (χ1v) is 4.74. The van der Waals surface area contributed by atoms with Gasteiger partial charge in [0.05, 0.1) is 0 Å². The van der Waals surface area contributed by atoms with E-state index in [1.165, 1.54) is 5.39 Å². The van der Waals surface area contributed by atoms with E-state index in [9.17, 15) is 0 Å². The minimum atomic E-state index is 0.0711. The van der Waals surface area contributed by atoms with Gasteiger partial charge in [-0.25, -0.2) is 4.98 Å². The summed E-state index contributed by atoms with van der Waals surface area (Å²) in [5.41, 5.74) is 6.83. The molecule has 0 aliphatic heterocycles. The summed E-state index contributed by atoms with van der Waals surface area (Å²) in [5, 5.41) is 3.23. The van der Waals surface area contributed by atoms with E-state index in [1.54, 1.807) is 11.3 Å². The molecule has 0 amide bonds. The molecule has 2 N–H and O–H groups in total. The number of aromatic nitrogens is 1. The molecule has 0 aliphatic carbocycles. The number of fused-ring (bicyclic) bond motifs is 1. The first-order valence-electron chi connectivity index (χ1n) is 3.86. The van der Waals surface area contributed by atoms with Crippen molar-refractivity contribution in [3.05, 3.63) is 29.3 Å². The number of rotatable bonds is 1. The molecule has 2 aromatic rings. The van der Waals surface area contributed by atoms with Crippen LogP contribution in [-0.2, 0) is 0 Å². The molecule has 0 radical (unpaired) electrons. The number of nitrogens with two attached hydrogens (primary N) is 1. The van der Waals surface area contributed by atoms with Crippen LogP contribution in [0.1, 0.15) is 18.5 Å². The van der Waals surface area contributed by atoms with E-state index >= 15 is 0 Å². The Kier molecular flexibility index (Phi) is 1.83. The summed E-state index contributed by atoms with van der Waals surface area (Å²) in [7, 11) is 0. The van der Waals surface area contributed by atoms with Gasteiger partial charge in [-0.15, -0.1) is 11.3 Å². The maximum absolute atomic E-state index is 5.74. The maximum atomic E-state index is 5.74. The van der Waals surface area contributed by atoms with Crippen molar-refractivity contribution in [1.29, 1.82) is 0 Å². The van der Waals surface area contributed by atoms with Gasteiger partial charge in [-0.1, -0.05) is 0 Å². The third-order valence-electron chi connectivity index (χ3n) is 1.85. The van der Waals surface area contributed by atoms with Crippen LogP contribution in [0.5, 0.6) is 0 Å². The zero-order valence-corrected chi connectivity index (χ0v) is 7.64. The Morgan fingerprint density at radius 3 is 3.17 bits per heavy atom. The van der Waals surface area contributed by atoms with Crippen LogP contribution in [0.4, 0.5) is 0 Å². The lowest BCUT2D eigenvalue weighted by Crippen LogP contribution is -2.04. The van der Waals surface area contributed by atoms with Crippen molar-refractivity contribution in [2.24, 2.45) is 5.73 Å². The maximum Gasteiger partial charge on any atom is 0.123 e. The summed E-state index contributed by atoms with van der Waals surface area (Å²) in [5.74, 6) is 0. The molecule has 0 saturated carbocycles. The van der Waals surface area contributed by atoms with E-state index in [1.807, 2.05) is 18.5 Å². The second kappa shape index (κ2) is 2.84. The molecule has 0 aliphatic rings. The fraction of sp³-hybridized carbons (Fsp3) is 0.222. The number of nitrogens with zero attached hydrogens (tertiary/aromatic N) is 1. The Labute approximate surface area is 75.0 Å². The van der Waals surface area contributed by atoms with Gasteiger partial charge in [0.25, 0.3) is 0 Å². The van der Waals surface area contributed by atoms with Crippen molar-refractivity contribution < 1.29 is 0 Å². The molecule has 0 spiro atoms. The van der Waals surface area contributed by atoms with Gasteiger partial charge in [0, 0.05) is 17.6 Å². The molecule has 1 atom stereocenters. The molecule has 62 valence electrons. The molecular formula is C9H10N2S. The number of pyridine rings is 1. The van der Waals surface area contributed by atoms with Crippen LogP contribution in [-0.4, -0.2) is 4.98 Å². The summed E-state index contributed by atoms with van der Waals surface area (Å²) >= 11 is 1.66. The zero-order valence-electron chi connectivity index (χ0n) is 6.82. The lowest BCUT2D eigenvalue weighted by molar-refractivity contribution is 0.815. The largest absolute Gasteiger partial charge is 0.324 e. The summed E-state index contributed by atoms with van der Waals surface area (Å²) in [4.78, 5) is 5.38. The lowest BCUT2D eigenvalue weighted by atomic mass is 10.1. The Morgan fingerprint density at radius 2 is 2.42 bits per heavy atom. The molecule has 0 unspecified atom stereocenters. The second-order valence-corrected chi connectivity index (χ2v) is 3.77. The number of thiophene rings is 1. The molecule has 3 heteroatoms. The molecular weight excluding hydrogens is 168 g/mol. The van der Waals surface area contributed by atoms with Crippen LogP contribution >= 0.6 is 11.3 Å². The highest BCUT2D eigenvalue weighted by Gasteiger charge is 2.01. The predicted octanol–water partition coefficient (Wildman–Crippen LogP) is 2.32. The number of hydrogen-bond donors (Lipinski definition) is 1. The Balaban J connectivity index is 2.60. The van der Waals surface area contributed by atoms with Crippen LogP contribution in [0.3, 0.4) is 0 Å². The van der Waals surface area contributed by atoms with Gasteiger partial charge in [0.1, 0.15) is 4.83 Å². The minimum absolute atomic E-state index is 0.0711. The smallest absolute Gasteiger partial charge is 0.123 e. The average molecular weight is 178 g/mol. The quantitative estimate of drug-likeness (QED) is 0.727. The van der Waals surface area contributed by atoms with Gasteiger partial charge in [-0.3, -0.25) is 0 Å². The first kappa shape index (κ1) is 7.71. The van der Waals surface area contributed by atoms with Crippen LogP contribution in [0.15, 0.2) is 23.7 Å². The molecule has 12 heavy (non-hydrogen) atoms. The van der Waals surface area contributed by atoms with Crippen LogP contribution in [0, 0.1) is 0 Å². The highest BCUT2D eigenvalue weighted by molar-refractivity contribution is 7.16. The van der Waals surface area contributed by atoms with Gasteiger partial charge in [0.15, 0.2) is 0 Å². The first-order chi connectivity index (χ1) is 5.77. The van der Waals surface area contributed by atoms with Crippen molar-refractivity contribution in [1.82, 2.24) is 4.98 Å². The van der Waals surface area contributed by atoms with E-state index in [0.29, 0.717) is 0 Å². The Hall–Kier alpha value is -0.930. The molecule has 0 fully saturated rings. The average Bonchev–Trinajstić information content (AvgIpc) is 2.49. The van der Waals surface area contributed by atoms with Crippen molar-refractivity contribution in [2.45, 2.75) is 13.0 Å². The molecule has 0 aromatic carbocycles. The zero-order chi connectivity index (χ0) is 8.55. The third kappa shape index (κ3) is 1.21. The van der Waals surface area contributed by atoms with E-state index in [0.717, 1.165) is 10.4 Å². The third-order valence-corrected chi connectivity index (χ3v) is 2.69. The van der Waals surface area contributed by atoms with Crippen LogP contribution < -0.4 is 5.73 Å². The molecule has 2 nitrogen and oxygen atoms in total. The van der Waals surface area contributed by atoms with Gasteiger partial charge < -0.3 is 5.73 Å². The van der Waals surface area contributed by atoms with Crippen LogP contribution in [0.2, 0.25) is 0 Å². The number of hydrogen-bond acceptors (Lipinski definition) is 3. The normalized spacial score (nSPS) is 13.5. The van der Waals surface area contributed by atoms with Gasteiger partial charge in [-0.05, 0) is 30.0 Å². The van der Waals surface area contributed by atoms with E-state index < -0.39 is 0 Å². The van der Waals surface area contributed by atoms with E-state index in [2.05, 4.69) is 17.1 Å². The topological polar surface area (TPSA) is 38.9 Å². The summed E-state index contributed by atoms with van der Waals surface area (Å²) in [6.45, 7) is 1.97. The van der Waals surface area contributed by atoms with Crippen molar-refractivity contribution >= 4 is 21.6 Å². The van der Waals surface area contributed by atoms with E-state index in [4.69, 9.17) is 5.73 Å². The molecule has 2 aromatic heterocycles. The predicted molar refractivity (Wildman–Crippen MR) is 52.2 cm³/mol. The van der Waals surface area contributed by atoms with E-state index in [-0.39, 0.29) is 6.04 Å². The minimum Gasteiger partial charge on any atom is -0.324 e. The van der Waals surface area contributed by atoms with Crippen molar-refractivity contribution in [2.75, 3.05) is 0 Å². The molecule has 2 heterocycles. The Morgan fingerprint density at radius 1 is 1.58 bits per heavy atom. The van der Waals surface area contributed by atoms with Crippen molar-refractivity contribution in [3.8, 4) is 0 Å². The summed E-state index contributed by atoms with van der Waals surface area (Å²) < 4.78 is 0. The molecule has 0 bridgehead atoms. The lowest BCUT2D eigenvalue weighted by Gasteiger charge is -2.03. The SMILES string of the molecule is C[C@@H](N)c1cnc2sccc2c1. The van der Waals surface area contributed by atoms with Gasteiger partial charge in [-0.2, -0.15) is 0 Å². The molecule has 0 saturated heterocycles. The van der Waals surface area contributed by atoms with Gasteiger partial charge in [0.2, 0.25) is 0 Å². The van der Waals surface area contributed by atoms with Crippen LogP contribution in [0.25, 0.3) is 10.2 Å². The Bertz CT molecular complexity index is 392. The van der Waals surface area contributed by atoms with Crippen molar-refractivity contribution in [3.63, 3.8) is 0 Å². The fourth-order valence-electron chi connectivity index (χ4n) is 1.12. The fourth-order valence-corrected chi connectivity index (χ4v) is 1.85. The van der Waals surface area contributed by atoms with Gasteiger partial charge >= 0.3 is 0 Å². The molecule has 2 rings (SSSR count).